The molecule has 98 valence electrons. The average Bonchev–Trinajstić information content (AvgIpc) is 2.46. The summed E-state index contributed by atoms with van der Waals surface area (Å²) in [6.45, 7) is 1.45. The van der Waals surface area contributed by atoms with Crippen LogP contribution in [0.1, 0.15) is 5.56 Å². The summed E-state index contributed by atoms with van der Waals surface area (Å²) in [5.41, 5.74) is 8.27. The van der Waals surface area contributed by atoms with Crippen molar-refractivity contribution in [3.05, 3.63) is 47.8 Å². The minimum absolute atomic E-state index is 0.276. The molecule has 0 saturated carbocycles. The molecule has 0 radical (unpaired) electrons. The van der Waals surface area contributed by atoms with E-state index in [2.05, 4.69) is 0 Å². The minimum atomic E-state index is -0.276. The van der Waals surface area contributed by atoms with Crippen LogP contribution < -0.4 is 15.2 Å². The molecule has 0 amide bonds. The van der Waals surface area contributed by atoms with E-state index in [9.17, 15) is 4.39 Å². The summed E-state index contributed by atoms with van der Waals surface area (Å²) >= 11 is 0. The molecule has 0 fully saturated rings. The second kappa shape index (κ2) is 4.90. The normalized spacial score (nSPS) is 13.4. The Hall–Kier alpha value is -2.07. The van der Waals surface area contributed by atoms with E-state index in [-0.39, 0.29) is 5.82 Å². The zero-order valence-corrected chi connectivity index (χ0v) is 10.4. The third-order valence-electron chi connectivity index (χ3n) is 3.15. The molecule has 0 bridgehead atoms. The highest BCUT2D eigenvalue weighted by molar-refractivity contribution is 5.70. The lowest BCUT2D eigenvalue weighted by Gasteiger charge is -2.19. The second-order valence-electron chi connectivity index (χ2n) is 4.36. The van der Waals surface area contributed by atoms with Crippen LogP contribution in [0.15, 0.2) is 36.4 Å². The molecule has 3 rings (SSSR count). The Labute approximate surface area is 110 Å². The lowest BCUT2D eigenvalue weighted by molar-refractivity contribution is 0.171. The molecule has 1 aliphatic rings. The van der Waals surface area contributed by atoms with Gasteiger partial charge >= 0.3 is 0 Å². The number of hydrogen-bond acceptors (Lipinski definition) is 3. The van der Waals surface area contributed by atoms with Gasteiger partial charge in [-0.15, -0.1) is 0 Å². The number of fused-ring (bicyclic) bond motifs is 1. The van der Waals surface area contributed by atoms with Gasteiger partial charge in [0, 0.05) is 6.54 Å². The first-order valence-corrected chi connectivity index (χ1v) is 6.16. The molecule has 2 aromatic carbocycles. The maximum absolute atomic E-state index is 13.4. The van der Waals surface area contributed by atoms with Gasteiger partial charge in [-0.25, -0.2) is 4.39 Å². The van der Waals surface area contributed by atoms with Crippen molar-refractivity contribution in [2.75, 3.05) is 13.2 Å². The average molecular weight is 259 g/mol. The second-order valence-corrected chi connectivity index (χ2v) is 4.36. The van der Waals surface area contributed by atoms with Crippen LogP contribution in [-0.4, -0.2) is 13.2 Å². The maximum atomic E-state index is 13.4. The molecule has 0 unspecified atom stereocenters. The van der Waals surface area contributed by atoms with Crippen molar-refractivity contribution in [3.63, 3.8) is 0 Å². The Morgan fingerprint density at radius 2 is 1.79 bits per heavy atom. The van der Waals surface area contributed by atoms with E-state index in [1.807, 2.05) is 18.2 Å². The monoisotopic (exact) mass is 259 g/mol. The van der Waals surface area contributed by atoms with Gasteiger partial charge in [-0.05, 0) is 41.0 Å². The van der Waals surface area contributed by atoms with Crippen LogP contribution >= 0.6 is 0 Å². The number of ether oxygens (including phenoxy) is 2. The first kappa shape index (κ1) is 12.0. The van der Waals surface area contributed by atoms with Gasteiger partial charge < -0.3 is 15.2 Å². The lowest BCUT2D eigenvalue weighted by atomic mass is 9.99. The molecule has 0 saturated heterocycles. The molecule has 0 spiro atoms. The first-order chi connectivity index (χ1) is 9.28. The number of nitrogens with two attached hydrogens (primary N) is 1. The van der Waals surface area contributed by atoms with Crippen LogP contribution in [-0.2, 0) is 6.54 Å². The molecular weight excluding hydrogens is 245 g/mol. The highest BCUT2D eigenvalue weighted by Gasteiger charge is 2.14. The van der Waals surface area contributed by atoms with E-state index in [4.69, 9.17) is 15.2 Å². The lowest BCUT2D eigenvalue weighted by Crippen LogP contribution is -2.15. The molecule has 2 N–H and O–H groups in total. The van der Waals surface area contributed by atoms with Crippen molar-refractivity contribution < 1.29 is 13.9 Å². The van der Waals surface area contributed by atoms with Gasteiger partial charge in [0.2, 0.25) is 0 Å². The molecule has 1 aliphatic heterocycles. The highest BCUT2D eigenvalue weighted by atomic mass is 19.1. The fraction of sp³-hybridized carbons (Fsp3) is 0.200. The molecule has 3 nitrogen and oxygen atoms in total. The number of hydrogen-bond donors (Lipinski definition) is 1. The van der Waals surface area contributed by atoms with Crippen LogP contribution in [0.2, 0.25) is 0 Å². The Bertz CT molecular complexity index is 613. The van der Waals surface area contributed by atoms with Gasteiger partial charge in [-0.1, -0.05) is 12.1 Å². The SMILES string of the molecule is NCc1ccc(F)cc1-c1ccc2c(c1)OCCO2. The van der Waals surface area contributed by atoms with E-state index in [1.54, 1.807) is 6.07 Å². The summed E-state index contributed by atoms with van der Waals surface area (Å²) in [5.74, 6) is 1.14. The number of rotatable bonds is 2. The van der Waals surface area contributed by atoms with Gasteiger partial charge in [-0.3, -0.25) is 0 Å². The van der Waals surface area contributed by atoms with Crippen LogP contribution in [0.4, 0.5) is 4.39 Å². The van der Waals surface area contributed by atoms with E-state index >= 15 is 0 Å². The summed E-state index contributed by atoms with van der Waals surface area (Å²) in [5, 5.41) is 0. The van der Waals surface area contributed by atoms with Crippen molar-refractivity contribution in [3.8, 4) is 22.6 Å². The standard InChI is InChI=1S/C15H14FNO2/c16-12-3-1-11(9-17)13(8-12)10-2-4-14-15(7-10)19-6-5-18-14/h1-4,7-8H,5-6,9,17H2. The van der Waals surface area contributed by atoms with Crippen molar-refractivity contribution in [1.29, 1.82) is 0 Å². The Morgan fingerprint density at radius 3 is 2.58 bits per heavy atom. The molecular formula is C15H14FNO2. The van der Waals surface area contributed by atoms with Crippen molar-refractivity contribution in [2.45, 2.75) is 6.54 Å². The van der Waals surface area contributed by atoms with Crippen LogP contribution in [0.5, 0.6) is 11.5 Å². The Balaban J connectivity index is 2.09. The topological polar surface area (TPSA) is 44.5 Å². The molecule has 1 heterocycles. The zero-order valence-electron chi connectivity index (χ0n) is 10.4. The van der Waals surface area contributed by atoms with Crippen molar-refractivity contribution in [2.24, 2.45) is 5.73 Å². The smallest absolute Gasteiger partial charge is 0.161 e. The fourth-order valence-electron chi connectivity index (χ4n) is 2.21. The summed E-state index contributed by atoms with van der Waals surface area (Å²) < 4.78 is 24.4. The van der Waals surface area contributed by atoms with Crippen LogP contribution in [0.25, 0.3) is 11.1 Å². The minimum Gasteiger partial charge on any atom is -0.486 e. The zero-order chi connectivity index (χ0) is 13.2. The first-order valence-electron chi connectivity index (χ1n) is 6.16. The summed E-state index contributed by atoms with van der Waals surface area (Å²) in [4.78, 5) is 0. The molecule has 19 heavy (non-hydrogen) atoms. The highest BCUT2D eigenvalue weighted by Crippen LogP contribution is 2.35. The summed E-state index contributed by atoms with van der Waals surface area (Å²) in [6.07, 6.45) is 0. The fourth-order valence-corrected chi connectivity index (χ4v) is 2.21. The van der Waals surface area contributed by atoms with Crippen LogP contribution in [0, 0.1) is 5.82 Å². The summed E-state index contributed by atoms with van der Waals surface area (Å²) in [6, 6.07) is 10.2. The quantitative estimate of drug-likeness (QED) is 0.901. The van der Waals surface area contributed by atoms with E-state index in [1.165, 1.54) is 12.1 Å². The van der Waals surface area contributed by atoms with Crippen molar-refractivity contribution >= 4 is 0 Å². The molecule has 0 atom stereocenters. The molecule has 0 aliphatic carbocycles. The molecule has 0 aromatic heterocycles. The predicted molar refractivity (Wildman–Crippen MR) is 70.7 cm³/mol. The molecule has 4 heteroatoms. The van der Waals surface area contributed by atoms with Gasteiger partial charge in [0.25, 0.3) is 0 Å². The largest absolute Gasteiger partial charge is 0.486 e. The van der Waals surface area contributed by atoms with E-state index in [0.29, 0.717) is 25.5 Å². The molecule has 2 aromatic rings. The number of benzene rings is 2. The number of halogens is 1. The maximum Gasteiger partial charge on any atom is 0.161 e. The Kier molecular flexibility index (Phi) is 3.09. The third-order valence-corrected chi connectivity index (χ3v) is 3.15. The van der Waals surface area contributed by atoms with Gasteiger partial charge in [0.1, 0.15) is 19.0 Å². The Morgan fingerprint density at radius 1 is 1.00 bits per heavy atom. The predicted octanol–water partition coefficient (Wildman–Crippen LogP) is 2.72. The van der Waals surface area contributed by atoms with Gasteiger partial charge in [-0.2, -0.15) is 0 Å². The van der Waals surface area contributed by atoms with Gasteiger partial charge in [0.15, 0.2) is 11.5 Å². The van der Waals surface area contributed by atoms with E-state index < -0.39 is 0 Å². The van der Waals surface area contributed by atoms with Gasteiger partial charge in [0.05, 0.1) is 0 Å². The van der Waals surface area contributed by atoms with Crippen LogP contribution in [0.3, 0.4) is 0 Å². The van der Waals surface area contributed by atoms with E-state index in [0.717, 1.165) is 22.4 Å². The van der Waals surface area contributed by atoms with Crippen molar-refractivity contribution in [1.82, 2.24) is 0 Å². The third kappa shape index (κ3) is 2.27. The summed E-state index contributed by atoms with van der Waals surface area (Å²) in [7, 11) is 0.